The summed E-state index contributed by atoms with van der Waals surface area (Å²) in [7, 11) is 0. The van der Waals surface area contributed by atoms with Crippen molar-refractivity contribution in [3.63, 3.8) is 0 Å². The summed E-state index contributed by atoms with van der Waals surface area (Å²) in [6, 6.07) is -1.09. The van der Waals surface area contributed by atoms with E-state index in [1.165, 1.54) is 0 Å². The van der Waals surface area contributed by atoms with Crippen LogP contribution in [0.5, 0.6) is 0 Å². The van der Waals surface area contributed by atoms with Gasteiger partial charge in [-0.25, -0.2) is 0 Å². The number of aliphatic hydroxyl groups excluding tert-OH is 3. The maximum atomic E-state index is 14.0. The second-order valence-corrected chi connectivity index (χ2v) is 10.1. The Labute approximate surface area is 277 Å². The number of rotatable bonds is 19. The third-order valence-corrected chi connectivity index (χ3v) is 6.60. The van der Waals surface area contributed by atoms with Gasteiger partial charge >= 0.3 is 71.3 Å². The van der Waals surface area contributed by atoms with E-state index in [1.807, 2.05) is 0 Å². The van der Waals surface area contributed by atoms with E-state index in [9.17, 15) is 115 Å². The van der Waals surface area contributed by atoms with E-state index < -0.39 is 110 Å². The Hall–Kier alpha value is -1.18. The largest absolute Gasteiger partial charge is 1.00 e. The van der Waals surface area contributed by atoms with Gasteiger partial charge in [-0.3, -0.25) is 0 Å². The lowest BCUT2D eigenvalue weighted by molar-refractivity contribution is -0.696. The fraction of sp³-hybridized carbons (Fsp3) is 1.00. The molecule has 0 fully saturated rings. The Bertz CT molecular complexity index is 1100. The molecule has 0 rings (SSSR count). The Morgan fingerprint density at radius 1 is 0.400 bits per heavy atom. The highest BCUT2D eigenvalue weighted by Gasteiger charge is 2.99. The molecule has 0 saturated carbocycles. The smallest absolute Gasteiger partial charge is 0.460 e. The monoisotopic (exact) mass is 923 g/mol. The standard InChI is InChI=1S/C20H18F25NO3.HI/c21-9(22,5-8(49)6-46-7(1-3-47)2-4-48)10(23,24)11(25,26)12(27,28)13(29,30)14(31,32)15(33,34)16(35,36)17(37,38)18(39,40)19(41,42)20(43,44)45;/h7-8,46-49H,1-6H2;1H. The molecule has 1 unspecified atom stereocenters. The quantitative estimate of drug-likeness (QED) is 0.119. The summed E-state index contributed by atoms with van der Waals surface area (Å²) in [5.41, 5.74) is 0. The summed E-state index contributed by atoms with van der Waals surface area (Å²) in [6.45, 7) is -2.85. The third kappa shape index (κ3) is 7.59. The average Bonchev–Trinajstić information content (AvgIpc) is 2.89. The van der Waals surface area contributed by atoms with E-state index in [-0.39, 0.29) is 36.8 Å². The summed E-state index contributed by atoms with van der Waals surface area (Å²) in [6.07, 6.45) is -15.3. The van der Waals surface area contributed by atoms with Gasteiger partial charge in [0, 0.05) is 32.5 Å². The van der Waals surface area contributed by atoms with Gasteiger partial charge in [-0.2, -0.15) is 110 Å². The van der Waals surface area contributed by atoms with Crippen LogP contribution in [-0.4, -0.2) is 119 Å². The van der Waals surface area contributed by atoms with Gasteiger partial charge in [0.25, 0.3) is 0 Å². The zero-order valence-corrected chi connectivity index (χ0v) is 25.3. The third-order valence-electron chi connectivity index (χ3n) is 6.60. The Balaban J connectivity index is 0. The van der Waals surface area contributed by atoms with Crippen molar-refractivity contribution in [2.45, 2.75) is 103 Å². The van der Waals surface area contributed by atoms with Crippen LogP contribution in [0.3, 0.4) is 0 Å². The number of hydrogen-bond donors (Lipinski definition) is 4. The minimum absolute atomic E-state index is 0. The molecule has 0 aromatic rings. The molecule has 1 atom stereocenters. The van der Waals surface area contributed by atoms with Crippen molar-refractivity contribution in [2.75, 3.05) is 19.8 Å². The van der Waals surface area contributed by atoms with Crippen molar-refractivity contribution in [3.05, 3.63) is 0 Å². The predicted octanol–water partition coefficient (Wildman–Crippen LogP) is 2.99. The number of halogens is 26. The molecule has 0 amide bonds. The van der Waals surface area contributed by atoms with Crippen LogP contribution in [0.2, 0.25) is 0 Å². The average molecular weight is 923 g/mol. The molecule has 4 nitrogen and oxygen atoms in total. The first kappa shape index (κ1) is 50.9. The number of aliphatic hydroxyl groups is 3. The van der Waals surface area contributed by atoms with Crippen LogP contribution in [0.1, 0.15) is 19.3 Å². The van der Waals surface area contributed by atoms with Crippen LogP contribution >= 0.6 is 0 Å². The number of alkyl halides is 25. The van der Waals surface area contributed by atoms with Crippen molar-refractivity contribution in [1.82, 2.24) is 0 Å². The van der Waals surface area contributed by atoms with Crippen LogP contribution in [0.15, 0.2) is 0 Å². The van der Waals surface area contributed by atoms with Crippen molar-refractivity contribution in [3.8, 4) is 0 Å². The van der Waals surface area contributed by atoms with E-state index >= 15 is 0 Å². The van der Waals surface area contributed by atoms with Crippen molar-refractivity contribution >= 4 is 0 Å². The first-order valence-corrected chi connectivity index (χ1v) is 12.1. The minimum Gasteiger partial charge on any atom is -1.00 e. The molecule has 0 aliphatic rings. The summed E-state index contributed by atoms with van der Waals surface area (Å²) >= 11 is 0. The molecule has 0 aliphatic carbocycles. The van der Waals surface area contributed by atoms with Crippen molar-refractivity contribution < 1.29 is 154 Å². The lowest BCUT2D eigenvalue weighted by atomic mass is 9.84. The summed E-state index contributed by atoms with van der Waals surface area (Å²) in [4.78, 5) is 0. The van der Waals surface area contributed by atoms with E-state index in [4.69, 9.17) is 10.2 Å². The second-order valence-electron chi connectivity index (χ2n) is 10.1. The van der Waals surface area contributed by atoms with Gasteiger partial charge in [-0.1, -0.05) is 0 Å². The topological polar surface area (TPSA) is 77.3 Å². The molecule has 0 heterocycles. The Kier molecular flexibility index (Phi) is 15.2. The lowest BCUT2D eigenvalue weighted by Gasteiger charge is -2.45. The van der Waals surface area contributed by atoms with E-state index in [1.54, 1.807) is 0 Å². The van der Waals surface area contributed by atoms with E-state index in [0.717, 1.165) is 0 Å². The highest BCUT2D eigenvalue weighted by molar-refractivity contribution is 5.19. The number of quaternary nitrogens is 1. The van der Waals surface area contributed by atoms with Crippen LogP contribution in [0.4, 0.5) is 110 Å². The normalized spacial score (nSPS) is 16.5. The number of nitrogens with two attached hydrogens (primary N) is 1. The van der Waals surface area contributed by atoms with Crippen LogP contribution in [0, 0.1) is 0 Å². The van der Waals surface area contributed by atoms with E-state index in [2.05, 4.69) is 0 Å². The molecular weight excluding hydrogens is 904 g/mol. The number of hydrogen-bond acceptors (Lipinski definition) is 3. The predicted molar refractivity (Wildman–Crippen MR) is 105 cm³/mol. The molecule has 50 heavy (non-hydrogen) atoms. The second kappa shape index (κ2) is 14.9. The Morgan fingerprint density at radius 2 is 0.640 bits per heavy atom. The lowest BCUT2D eigenvalue weighted by Crippen LogP contribution is -3.00. The highest BCUT2D eigenvalue weighted by Crippen LogP contribution is 2.67. The fourth-order valence-corrected chi connectivity index (χ4v) is 3.55. The van der Waals surface area contributed by atoms with Crippen LogP contribution in [0.25, 0.3) is 0 Å². The first-order chi connectivity index (χ1) is 21.1. The van der Waals surface area contributed by atoms with Gasteiger partial charge in [-0.05, 0) is 0 Å². The molecule has 5 N–H and O–H groups in total. The molecule has 0 bridgehead atoms. The molecule has 0 aliphatic heterocycles. The minimum atomic E-state index is -9.65. The highest BCUT2D eigenvalue weighted by atomic mass is 127. The SMILES string of the molecule is OCCC(CCO)[NH2+]CC(O)CC(F)(F)C(F)(F)C(F)(F)C(F)(F)C(F)(F)C(F)(F)C(F)(F)C(F)(F)C(F)(F)C(F)(F)C(F)(F)C(F)(F)F.[I-]. The molecule has 0 spiro atoms. The van der Waals surface area contributed by atoms with Crippen LogP contribution < -0.4 is 29.3 Å². The zero-order valence-electron chi connectivity index (χ0n) is 23.1. The molecule has 0 aromatic heterocycles. The van der Waals surface area contributed by atoms with Gasteiger partial charge in [-0.15, -0.1) is 0 Å². The van der Waals surface area contributed by atoms with Gasteiger partial charge in [0.15, 0.2) is 0 Å². The maximum absolute atomic E-state index is 14.0. The van der Waals surface area contributed by atoms with Gasteiger partial charge in [0.2, 0.25) is 0 Å². The first-order valence-electron chi connectivity index (χ1n) is 12.1. The summed E-state index contributed by atoms with van der Waals surface area (Å²) < 4.78 is 338. The molecule has 0 aromatic carbocycles. The summed E-state index contributed by atoms with van der Waals surface area (Å²) in [5, 5.41) is 27.6. The zero-order chi connectivity index (χ0) is 40.1. The molecule has 30 heteroatoms. The van der Waals surface area contributed by atoms with Crippen molar-refractivity contribution in [1.29, 1.82) is 0 Å². The van der Waals surface area contributed by atoms with Crippen LogP contribution in [-0.2, 0) is 0 Å². The fourth-order valence-electron chi connectivity index (χ4n) is 3.55. The Morgan fingerprint density at radius 3 is 0.880 bits per heavy atom. The maximum Gasteiger partial charge on any atom is 0.460 e. The van der Waals surface area contributed by atoms with Gasteiger partial charge in [0.05, 0.1) is 6.04 Å². The van der Waals surface area contributed by atoms with Gasteiger partial charge < -0.3 is 44.6 Å². The van der Waals surface area contributed by atoms with Gasteiger partial charge in [0.1, 0.15) is 12.6 Å². The summed E-state index contributed by atoms with van der Waals surface area (Å²) in [5.74, 6) is -99.2. The molecular formula is C20H19F25INO3. The molecule has 304 valence electrons. The molecule has 0 radical (unpaired) electrons. The van der Waals surface area contributed by atoms with E-state index in [0.29, 0.717) is 5.32 Å². The molecule has 0 saturated heterocycles. The van der Waals surface area contributed by atoms with Crippen molar-refractivity contribution in [2.24, 2.45) is 0 Å².